The average molecular weight is 227 g/mol. The molecule has 0 bridgehead atoms. The van der Waals surface area contributed by atoms with Gasteiger partial charge >= 0.3 is 0 Å². The van der Waals surface area contributed by atoms with Gasteiger partial charge in [0, 0.05) is 18.7 Å². The van der Waals surface area contributed by atoms with E-state index in [1.165, 1.54) is 12.1 Å². The summed E-state index contributed by atoms with van der Waals surface area (Å²) in [7, 11) is 0. The van der Waals surface area contributed by atoms with Crippen LogP contribution in [0, 0.1) is 11.6 Å². The van der Waals surface area contributed by atoms with E-state index in [1.54, 1.807) is 0 Å². The lowest BCUT2D eigenvalue weighted by molar-refractivity contribution is 0.0743. The Morgan fingerprint density at radius 3 is 2.94 bits per heavy atom. The lowest BCUT2D eigenvalue weighted by atomic mass is 10.0. The highest BCUT2D eigenvalue weighted by molar-refractivity contribution is 5.18. The maximum Gasteiger partial charge on any atom is 0.129 e. The molecule has 0 amide bonds. The average Bonchev–Trinajstić information content (AvgIpc) is 2.29. The quantitative estimate of drug-likeness (QED) is 0.851. The number of halogens is 2. The van der Waals surface area contributed by atoms with Crippen LogP contribution in [0.1, 0.15) is 12.0 Å². The first-order valence-corrected chi connectivity index (χ1v) is 5.51. The Hall–Kier alpha value is -1.00. The number of aryl methyl sites for hydroxylation is 1. The highest BCUT2D eigenvalue weighted by Gasteiger charge is 2.13. The maximum absolute atomic E-state index is 13.3. The smallest absolute Gasteiger partial charge is 0.129 e. The molecule has 1 N–H and O–H groups in total. The van der Waals surface area contributed by atoms with Crippen LogP contribution in [0.4, 0.5) is 8.78 Å². The van der Waals surface area contributed by atoms with E-state index in [0.29, 0.717) is 18.6 Å². The van der Waals surface area contributed by atoms with Crippen LogP contribution in [0.3, 0.4) is 0 Å². The van der Waals surface area contributed by atoms with Gasteiger partial charge in [-0.3, -0.25) is 0 Å². The van der Waals surface area contributed by atoms with Gasteiger partial charge in [-0.15, -0.1) is 0 Å². The minimum absolute atomic E-state index is 0.276. The van der Waals surface area contributed by atoms with Gasteiger partial charge in [0.25, 0.3) is 0 Å². The number of morpholine rings is 1. The van der Waals surface area contributed by atoms with E-state index < -0.39 is 11.6 Å². The fraction of sp³-hybridized carbons (Fsp3) is 0.500. The van der Waals surface area contributed by atoms with Gasteiger partial charge < -0.3 is 10.1 Å². The van der Waals surface area contributed by atoms with Crippen LogP contribution < -0.4 is 5.32 Å². The third-order valence-electron chi connectivity index (χ3n) is 2.78. The van der Waals surface area contributed by atoms with Crippen molar-refractivity contribution in [3.8, 4) is 0 Å². The zero-order valence-electron chi connectivity index (χ0n) is 9.01. The monoisotopic (exact) mass is 227 g/mol. The molecule has 0 saturated carbocycles. The number of ether oxygens (including phenoxy) is 1. The molecule has 2 nitrogen and oxygen atoms in total. The van der Waals surface area contributed by atoms with Crippen LogP contribution in [-0.2, 0) is 11.2 Å². The van der Waals surface area contributed by atoms with Gasteiger partial charge in [0.2, 0.25) is 0 Å². The van der Waals surface area contributed by atoms with E-state index in [0.717, 1.165) is 25.6 Å². The van der Waals surface area contributed by atoms with Crippen molar-refractivity contribution in [2.45, 2.75) is 18.9 Å². The van der Waals surface area contributed by atoms with Crippen molar-refractivity contribution in [3.05, 3.63) is 35.4 Å². The van der Waals surface area contributed by atoms with Crippen LogP contribution in [0.5, 0.6) is 0 Å². The van der Waals surface area contributed by atoms with Gasteiger partial charge in [-0.25, -0.2) is 8.78 Å². The summed E-state index contributed by atoms with van der Waals surface area (Å²) in [5.74, 6) is -0.989. The molecule has 1 aliphatic heterocycles. The molecule has 16 heavy (non-hydrogen) atoms. The highest BCUT2D eigenvalue weighted by atomic mass is 19.1. The Kier molecular flexibility index (Phi) is 3.85. The first-order valence-electron chi connectivity index (χ1n) is 5.51. The molecule has 88 valence electrons. The molecule has 1 heterocycles. The van der Waals surface area contributed by atoms with E-state index in [-0.39, 0.29) is 6.04 Å². The van der Waals surface area contributed by atoms with E-state index in [4.69, 9.17) is 4.74 Å². The van der Waals surface area contributed by atoms with E-state index in [1.807, 2.05) is 0 Å². The van der Waals surface area contributed by atoms with Crippen molar-refractivity contribution in [2.75, 3.05) is 19.8 Å². The lowest BCUT2D eigenvalue weighted by Gasteiger charge is -2.23. The molecule has 1 aliphatic rings. The van der Waals surface area contributed by atoms with Crippen molar-refractivity contribution in [1.29, 1.82) is 0 Å². The van der Waals surface area contributed by atoms with Crippen LogP contribution in [0.15, 0.2) is 18.2 Å². The Balaban J connectivity index is 1.88. The minimum Gasteiger partial charge on any atom is -0.379 e. The van der Waals surface area contributed by atoms with E-state index >= 15 is 0 Å². The molecular formula is C12H15F2NO. The fourth-order valence-electron chi connectivity index (χ4n) is 1.86. The first kappa shape index (κ1) is 11.5. The molecule has 1 unspecified atom stereocenters. The van der Waals surface area contributed by atoms with Crippen LogP contribution in [0.25, 0.3) is 0 Å². The lowest BCUT2D eigenvalue weighted by Crippen LogP contribution is -2.41. The molecule has 1 saturated heterocycles. The third-order valence-corrected chi connectivity index (χ3v) is 2.78. The number of nitrogens with one attached hydrogen (secondary N) is 1. The summed E-state index contributed by atoms with van der Waals surface area (Å²) in [5.41, 5.74) is 0.564. The van der Waals surface area contributed by atoms with Gasteiger partial charge in [-0.05, 0) is 24.5 Å². The Morgan fingerprint density at radius 2 is 2.25 bits per heavy atom. The molecule has 0 spiro atoms. The Labute approximate surface area is 93.6 Å². The van der Waals surface area contributed by atoms with Crippen LogP contribution in [0.2, 0.25) is 0 Å². The second-order valence-electron chi connectivity index (χ2n) is 4.00. The molecule has 1 fully saturated rings. The number of hydrogen-bond acceptors (Lipinski definition) is 2. The predicted octanol–water partition coefficient (Wildman–Crippen LogP) is 1.89. The van der Waals surface area contributed by atoms with Gasteiger partial charge in [0.05, 0.1) is 13.2 Å². The SMILES string of the molecule is Fc1ccc(CCC2COCCN2)c(F)c1. The molecule has 0 aromatic heterocycles. The summed E-state index contributed by atoms with van der Waals surface area (Å²) in [6.07, 6.45) is 1.41. The topological polar surface area (TPSA) is 21.3 Å². The molecule has 0 radical (unpaired) electrons. The molecule has 1 aromatic rings. The number of rotatable bonds is 3. The molecule has 1 atom stereocenters. The molecule has 4 heteroatoms. The summed E-state index contributed by atoms with van der Waals surface area (Å²) in [6, 6.07) is 4.01. The zero-order valence-corrected chi connectivity index (χ0v) is 9.01. The van der Waals surface area contributed by atoms with Gasteiger partial charge in [-0.2, -0.15) is 0 Å². The molecule has 1 aromatic carbocycles. The number of hydrogen-bond donors (Lipinski definition) is 1. The van der Waals surface area contributed by atoms with E-state index in [2.05, 4.69) is 5.32 Å². The van der Waals surface area contributed by atoms with Crippen molar-refractivity contribution in [3.63, 3.8) is 0 Å². The Morgan fingerprint density at radius 1 is 1.38 bits per heavy atom. The summed E-state index contributed by atoms with van der Waals surface area (Å²) in [4.78, 5) is 0. The van der Waals surface area contributed by atoms with Crippen molar-refractivity contribution in [2.24, 2.45) is 0 Å². The summed E-state index contributed by atoms with van der Waals surface area (Å²) < 4.78 is 31.3. The minimum atomic E-state index is -0.527. The molecule has 2 rings (SSSR count). The van der Waals surface area contributed by atoms with Gasteiger partial charge in [0.15, 0.2) is 0 Å². The largest absolute Gasteiger partial charge is 0.379 e. The summed E-state index contributed by atoms with van der Waals surface area (Å²) in [6.45, 7) is 2.25. The maximum atomic E-state index is 13.3. The second kappa shape index (κ2) is 5.37. The highest BCUT2D eigenvalue weighted by Crippen LogP contribution is 2.13. The van der Waals surface area contributed by atoms with Crippen LogP contribution >= 0.6 is 0 Å². The van der Waals surface area contributed by atoms with Crippen LogP contribution in [-0.4, -0.2) is 25.8 Å². The van der Waals surface area contributed by atoms with Crippen molar-refractivity contribution >= 4 is 0 Å². The van der Waals surface area contributed by atoms with Gasteiger partial charge in [0.1, 0.15) is 11.6 Å². The zero-order chi connectivity index (χ0) is 11.4. The second-order valence-corrected chi connectivity index (χ2v) is 4.00. The standard InChI is InChI=1S/C12H15F2NO/c13-10-3-1-9(12(14)7-10)2-4-11-8-16-6-5-15-11/h1,3,7,11,15H,2,4-6,8H2. The Bertz CT molecular complexity index is 351. The fourth-order valence-corrected chi connectivity index (χ4v) is 1.86. The van der Waals surface area contributed by atoms with Crippen molar-refractivity contribution in [1.82, 2.24) is 5.32 Å². The molecule has 0 aliphatic carbocycles. The predicted molar refractivity (Wildman–Crippen MR) is 57.3 cm³/mol. The summed E-state index contributed by atoms with van der Waals surface area (Å²) >= 11 is 0. The van der Waals surface area contributed by atoms with E-state index in [9.17, 15) is 8.78 Å². The van der Waals surface area contributed by atoms with Gasteiger partial charge in [-0.1, -0.05) is 6.07 Å². The normalized spacial score (nSPS) is 21.0. The molecular weight excluding hydrogens is 212 g/mol. The van der Waals surface area contributed by atoms with Crippen molar-refractivity contribution < 1.29 is 13.5 Å². The third kappa shape index (κ3) is 3.00. The number of benzene rings is 1. The first-order chi connectivity index (χ1) is 7.75. The summed E-state index contributed by atoms with van der Waals surface area (Å²) in [5, 5.41) is 3.30.